The molecule has 1 fully saturated rings. The number of aliphatic hydroxyl groups is 1. The minimum absolute atomic E-state index is 0.151. The summed E-state index contributed by atoms with van der Waals surface area (Å²) in [5.74, 6) is 3.12. The highest BCUT2D eigenvalue weighted by molar-refractivity contribution is 5.73. The van der Waals surface area contributed by atoms with Gasteiger partial charge in [0.25, 0.3) is 0 Å². The molecule has 0 spiro atoms. The van der Waals surface area contributed by atoms with E-state index < -0.39 is 6.10 Å². The van der Waals surface area contributed by atoms with Crippen LogP contribution in [0, 0.1) is 23.7 Å². The van der Waals surface area contributed by atoms with E-state index in [9.17, 15) is 9.90 Å². The van der Waals surface area contributed by atoms with Crippen molar-refractivity contribution < 1.29 is 14.6 Å². The third-order valence-corrected chi connectivity index (χ3v) is 8.72. The maximum Gasteiger partial charge on any atom is 0.311 e. The lowest BCUT2D eigenvalue weighted by atomic mass is 9.70. The number of benzene rings is 2. The van der Waals surface area contributed by atoms with Gasteiger partial charge in [0.2, 0.25) is 0 Å². The van der Waals surface area contributed by atoms with Crippen LogP contribution in [0.15, 0.2) is 48.5 Å². The second-order valence-electron chi connectivity index (χ2n) is 11.6. The number of hydrogen-bond acceptors (Lipinski definition) is 3. The molecule has 3 heteroatoms. The molecule has 3 rings (SSSR count). The van der Waals surface area contributed by atoms with Crippen LogP contribution >= 0.6 is 0 Å². The lowest BCUT2D eigenvalue weighted by Gasteiger charge is -2.37. The molecular formula is C34H50O3. The third kappa shape index (κ3) is 9.28. The van der Waals surface area contributed by atoms with Gasteiger partial charge in [-0.15, -0.1) is 0 Å². The molecule has 0 saturated heterocycles. The topological polar surface area (TPSA) is 46.5 Å². The van der Waals surface area contributed by atoms with E-state index in [1.165, 1.54) is 44.9 Å². The monoisotopic (exact) mass is 506 g/mol. The molecule has 1 aliphatic carbocycles. The number of aliphatic hydroxyl groups excluding tert-OH is 1. The van der Waals surface area contributed by atoms with Crippen LogP contribution in [0.5, 0.6) is 5.75 Å². The van der Waals surface area contributed by atoms with Crippen LogP contribution in [-0.4, -0.2) is 11.1 Å². The molecular weight excluding hydrogens is 456 g/mol. The summed E-state index contributed by atoms with van der Waals surface area (Å²) in [5.41, 5.74) is 3.20. The number of esters is 1. The Morgan fingerprint density at radius 1 is 0.946 bits per heavy atom. The van der Waals surface area contributed by atoms with E-state index in [1.807, 2.05) is 24.3 Å². The lowest BCUT2D eigenvalue weighted by Crippen LogP contribution is -2.27. The van der Waals surface area contributed by atoms with Crippen molar-refractivity contribution in [2.75, 3.05) is 0 Å². The molecule has 2 aromatic carbocycles. The fourth-order valence-electron chi connectivity index (χ4n) is 5.83. The summed E-state index contributed by atoms with van der Waals surface area (Å²) in [4.78, 5) is 12.1. The third-order valence-electron chi connectivity index (χ3n) is 8.72. The van der Waals surface area contributed by atoms with E-state index in [4.69, 9.17) is 4.74 Å². The van der Waals surface area contributed by atoms with Gasteiger partial charge in [0.05, 0.1) is 6.10 Å². The quantitative estimate of drug-likeness (QED) is 0.158. The molecule has 204 valence electrons. The zero-order valence-electron chi connectivity index (χ0n) is 23.8. The predicted molar refractivity (Wildman–Crippen MR) is 155 cm³/mol. The Kier molecular flexibility index (Phi) is 12.2. The Morgan fingerprint density at radius 2 is 1.59 bits per heavy atom. The van der Waals surface area contributed by atoms with Gasteiger partial charge in [-0.2, -0.15) is 0 Å². The van der Waals surface area contributed by atoms with Crippen LogP contribution in [0.1, 0.15) is 116 Å². The molecule has 0 heterocycles. The summed E-state index contributed by atoms with van der Waals surface area (Å²) < 4.78 is 5.51. The van der Waals surface area contributed by atoms with Gasteiger partial charge in [-0.3, -0.25) is 4.79 Å². The van der Waals surface area contributed by atoms with Crippen LogP contribution < -0.4 is 4.74 Å². The summed E-state index contributed by atoms with van der Waals surface area (Å²) >= 11 is 0. The highest BCUT2D eigenvalue weighted by atomic mass is 16.5. The second kappa shape index (κ2) is 15.3. The van der Waals surface area contributed by atoms with E-state index in [-0.39, 0.29) is 5.97 Å². The Balaban J connectivity index is 1.48. The second-order valence-corrected chi connectivity index (χ2v) is 11.6. The summed E-state index contributed by atoms with van der Waals surface area (Å²) in [5, 5.41) is 11.1. The van der Waals surface area contributed by atoms with Crippen molar-refractivity contribution in [3.05, 3.63) is 54.1 Å². The maximum atomic E-state index is 12.1. The first-order chi connectivity index (χ1) is 17.9. The molecule has 3 nitrogen and oxygen atoms in total. The summed E-state index contributed by atoms with van der Waals surface area (Å²) in [7, 11) is 0. The molecule has 0 radical (unpaired) electrons. The Labute approximate surface area is 226 Å². The van der Waals surface area contributed by atoms with Crippen LogP contribution in [0.25, 0.3) is 11.1 Å². The molecule has 0 aromatic heterocycles. The van der Waals surface area contributed by atoms with Gasteiger partial charge in [-0.1, -0.05) is 103 Å². The van der Waals surface area contributed by atoms with Gasteiger partial charge in [0.15, 0.2) is 0 Å². The van der Waals surface area contributed by atoms with Gasteiger partial charge in [0.1, 0.15) is 5.75 Å². The number of carbonyl (C=O) groups excluding carboxylic acids is 1. The summed E-state index contributed by atoms with van der Waals surface area (Å²) in [6, 6.07) is 16.1. The molecule has 1 saturated carbocycles. The van der Waals surface area contributed by atoms with Crippen molar-refractivity contribution in [1.82, 2.24) is 0 Å². The van der Waals surface area contributed by atoms with Crippen LogP contribution in [0.3, 0.4) is 0 Å². The number of ether oxygens (including phenoxy) is 1. The van der Waals surface area contributed by atoms with Crippen LogP contribution in [-0.2, 0) is 4.79 Å². The fourth-order valence-corrected chi connectivity index (χ4v) is 5.83. The summed E-state index contributed by atoms with van der Waals surface area (Å²) in [6.45, 7) is 9.23. The molecule has 1 N–H and O–H groups in total. The molecule has 0 bridgehead atoms. The summed E-state index contributed by atoms with van der Waals surface area (Å²) in [6.07, 6.45) is 13.1. The number of unbranched alkanes of at least 4 members (excludes halogenated alkanes) is 4. The largest absolute Gasteiger partial charge is 0.427 e. The van der Waals surface area contributed by atoms with E-state index in [0.717, 1.165) is 54.2 Å². The normalized spacial score (nSPS) is 21.4. The molecule has 3 unspecified atom stereocenters. The Bertz CT molecular complexity index is 917. The average molecular weight is 507 g/mol. The first-order valence-electron chi connectivity index (χ1n) is 15.0. The Morgan fingerprint density at radius 3 is 2.22 bits per heavy atom. The SMILES string of the molecule is CCCCCCCC(=O)Oc1ccc(-c2ccc(C(O)[C@@H]3CCC(CCC(C)CC)[C@@H](C)C3)cc2)cc1. The smallest absolute Gasteiger partial charge is 0.311 e. The van der Waals surface area contributed by atoms with E-state index in [0.29, 0.717) is 24.0 Å². The van der Waals surface area contributed by atoms with Crippen molar-refractivity contribution in [2.24, 2.45) is 23.7 Å². The molecule has 37 heavy (non-hydrogen) atoms. The van der Waals surface area contributed by atoms with Crippen molar-refractivity contribution in [1.29, 1.82) is 0 Å². The molecule has 5 atom stereocenters. The lowest BCUT2D eigenvalue weighted by molar-refractivity contribution is -0.134. The minimum atomic E-state index is -0.393. The van der Waals surface area contributed by atoms with Crippen molar-refractivity contribution >= 4 is 5.97 Å². The first kappa shape index (κ1) is 29.4. The van der Waals surface area contributed by atoms with Crippen molar-refractivity contribution in [3.63, 3.8) is 0 Å². The van der Waals surface area contributed by atoms with Crippen molar-refractivity contribution in [3.8, 4) is 16.9 Å². The average Bonchev–Trinajstić information content (AvgIpc) is 2.92. The maximum absolute atomic E-state index is 12.1. The van der Waals surface area contributed by atoms with Gasteiger partial charge >= 0.3 is 5.97 Å². The highest BCUT2D eigenvalue weighted by Gasteiger charge is 2.32. The standard InChI is InChI=1S/C34H50O3/c1-5-7-8-9-10-11-33(35)37-32-22-20-29(21-23-32)28-15-17-30(18-16-28)34(36)31-19-14-27(26(4)24-31)13-12-25(3)6-2/h15-18,20-23,25-27,31,34,36H,5-14,19,24H2,1-4H3/t25?,26-,27?,31+,34?/m0/s1. The van der Waals surface area contributed by atoms with Crippen molar-refractivity contribution in [2.45, 2.75) is 111 Å². The van der Waals surface area contributed by atoms with E-state index in [2.05, 4.69) is 52.0 Å². The number of hydrogen-bond donors (Lipinski definition) is 1. The van der Waals surface area contributed by atoms with Gasteiger partial charge in [-0.25, -0.2) is 0 Å². The minimum Gasteiger partial charge on any atom is -0.427 e. The molecule has 2 aromatic rings. The van der Waals surface area contributed by atoms with Crippen LogP contribution in [0.2, 0.25) is 0 Å². The van der Waals surface area contributed by atoms with Crippen LogP contribution in [0.4, 0.5) is 0 Å². The van der Waals surface area contributed by atoms with E-state index >= 15 is 0 Å². The molecule has 0 amide bonds. The zero-order chi connectivity index (χ0) is 26.6. The molecule has 0 aliphatic heterocycles. The van der Waals surface area contributed by atoms with Gasteiger partial charge in [-0.05, 0) is 84.6 Å². The van der Waals surface area contributed by atoms with E-state index in [1.54, 1.807) is 0 Å². The zero-order valence-corrected chi connectivity index (χ0v) is 23.8. The number of rotatable bonds is 14. The van der Waals surface area contributed by atoms with Gasteiger partial charge in [0, 0.05) is 6.42 Å². The van der Waals surface area contributed by atoms with Gasteiger partial charge < -0.3 is 9.84 Å². The predicted octanol–water partition coefficient (Wildman–Crippen LogP) is 9.53. The fraction of sp³-hybridized carbons (Fsp3) is 0.618. The first-order valence-corrected chi connectivity index (χ1v) is 15.0. The molecule has 1 aliphatic rings. The Hall–Kier alpha value is -2.13. The highest BCUT2D eigenvalue weighted by Crippen LogP contribution is 2.42. The number of carbonyl (C=O) groups is 1.